The Morgan fingerprint density at radius 2 is 1.95 bits per heavy atom. The molecule has 1 aliphatic rings. The van der Waals surface area contributed by atoms with E-state index in [1.807, 2.05) is 0 Å². The number of hydrogen-bond donors (Lipinski definition) is 1. The first-order valence-electron chi connectivity index (χ1n) is 6.23. The highest BCUT2D eigenvalue weighted by molar-refractivity contribution is 5.68. The SMILES string of the molecule is CC(C)(C)OC(=O)N1CCCC(C(O)C(F)(F)F)C1. The van der Waals surface area contributed by atoms with Gasteiger partial charge < -0.3 is 14.7 Å². The fraction of sp³-hybridized carbons (Fsp3) is 0.917. The number of alkyl halides is 3. The summed E-state index contributed by atoms with van der Waals surface area (Å²) in [6, 6.07) is 0. The third-order valence-corrected chi connectivity index (χ3v) is 2.89. The number of rotatable bonds is 1. The van der Waals surface area contributed by atoms with E-state index in [1.165, 1.54) is 4.90 Å². The number of piperidine rings is 1. The molecule has 1 fully saturated rings. The van der Waals surface area contributed by atoms with E-state index in [4.69, 9.17) is 4.74 Å². The van der Waals surface area contributed by atoms with Gasteiger partial charge in [0, 0.05) is 19.0 Å². The van der Waals surface area contributed by atoms with Crippen LogP contribution in [0.2, 0.25) is 0 Å². The summed E-state index contributed by atoms with van der Waals surface area (Å²) in [5.74, 6) is -0.985. The Hall–Kier alpha value is -0.980. The standard InChI is InChI=1S/C12H20F3NO3/c1-11(2,3)19-10(18)16-6-4-5-8(7-16)9(17)12(13,14)15/h8-9,17H,4-7H2,1-3H3. The third kappa shape index (κ3) is 4.89. The van der Waals surface area contributed by atoms with Crippen LogP contribution in [-0.2, 0) is 4.74 Å². The summed E-state index contributed by atoms with van der Waals surface area (Å²) < 4.78 is 42.5. The molecule has 0 spiro atoms. The molecule has 4 nitrogen and oxygen atoms in total. The largest absolute Gasteiger partial charge is 0.444 e. The molecule has 0 aromatic carbocycles. The van der Waals surface area contributed by atoms with Crippen molar-refractivity contribution in [3.63, 3.8) is 0 Å². The van der Waals surface area contributed by atoms with E-state index in [1.54, 1.807) is 20.8 Å². The van der Waals surface area contributed by atoms with E-state index < -0.39 is 29.9 Å². The van der Waals surface area contributed by atoms with Crippen molar-refractivity contribution in [2.45, 2.75) is 51.5 Å². The van der Waals surface area contributed by atoms with Gasteiger partial charge in [0.2, 0.25) is 0 Å². The van der Waals surface area contributed by atoms with Crippen LogP contribution in [-0.4, -0.2) is 47.1 Å². The second-order valence-corrected chi connectivity index (χ2v) is 5.82. The summed E-state index contributed by atoms with van der Waals surface area (Å²) in [6.45, 7) is 5.30. The fourth-order valence-corrected chi connectivity index (χ4v) is 2.03. The van der Waals surface area contributed by atoms with Crippen molar-refractivity contribution in [3.05, 3.63) is 0 Å². The summed E-state index contributed by atoms with van der Waals surface area (Å²) >= 11 is 0. The van der Waals surface area contributed by atoms with Crippen molar-refractivity contribution in [3.8, 4) is 0 Å². The predicted octanol–water partition coefficient (Wildman–Crippen LogP) is 2.56. The number of aliphatic hydroxyl groups excluding tert-OH is 1. The van der Waals surface area contributed by atoms with E-state index in [2.05, 4.69) is 0 Å². The smallest absolute Gasteiger partial charge is 0.414 e. The molecule has 112 valence electrons. The lowest BCUT2D eigenvalue weighted by molar-refractivity contribution is -0.223. The Morgan fingerprint density at radius 3 is 2.42 bits per heavy atom. The van der Waals surface area contributed by atoms with Gasteiger partial charge in [0.15, 0.2) is 6.10 Å². The van der Waals surface area contributed by atoms with Gasteiger partial charge in [-0.2, -0.15) is 13.2 Å². The highest BCUT2D eigenvalue weighted by Crippen LogP contribution is 2.31. The molecule has 0 aliphatic carbocycles. The lowest BCUT2D eigenvalue weighted by Gasteiger charge is -2.36. The summed E-state index contributed by atoms with van der Waals surface area (Å²) in [5.41, 5.74) is -0.688. The zero-order valence-corrected chi connectivity index (χ0v) is 11.3. The third-order valence-electron chi connectivity index (χ3n) is 2.89. The molecule has 1 heterocycles. The number of halogens is 3. The molecule has 1 rings (SSSR count). The molecule has 1 amide bonds. The van der Waals surface area contributed by atoms with Crippen LogP contribution < -0.4 is 0 Å². The van der Waals surface area contributed by atoms with Gasteiger partial charge >= 0.3 is 12.3 Å². The maximum Gasteiger partial charge on any atom is 0.414 e. The van der Waals surface area contributed by atoms with E-state index in [0.717, 1.165) is 0 Å². The average Bonchev–Trinajstić information content (AvgIpc) is 2.24. The molecule has 1 saturated heterocycles. The maximum atomic E-state index is 12.4. The Kier molecular flexibility index (Phi) is 4.71. The highest BCUT2D eigenvalue weighted by atomic mass is 19.4. The highest BCUT2D eigenvalue weighted by Gasteiger charge is 2.45. The Balaban J connectivity index is 2.62. The summed E-state index contributed by atoms with van der Waals surface area (Å²) in [6.07, 6.45) is -7.00. The van der Waals surface area contributed by atoms with Crippen LogP contribution in [0.15, 0.2) is 0 Å². The molecular formula is C12H20F3NO3. The molecular weight excluding hydrogens is 263 g/mol. The molecule has 1 N–H and O–H groups in total. The van der Waals surface area contributed by atoms with Gasteiger partial charge in [-0.25, -0.2) is 4.79 Å². The van der Waals surface area contributed by atoms with Gasteiger partial charge in [-0.3, -0.25) is 0 Å². The minimum Gasteiger partial charge on any atom is -0.444 e. The molecule has 19 heavy (non-hydrogen) atoms. The molecule has 0 aromatic rings. The molecule has 2 unspecified atom stereocenters. The van der Waals surface area contributed by atoms with Crippen LogP contribution in [0, 0.1) is 5.92 Å². The summed E-state index contributed by atoms with van der Waals surface area (Å²) in [4.78, 5) is 13.0. The van der Waals surface area contributed by atoms with Gasteiger partial charge in [-0.15, -0.1) is 0 Å². The van der Waals surface area contributed by atoms with Crippen LogP contribution in [0.25, 0.3) is 0 Å². The van der Waals surface area contributed by atoms with Gasteiger partial charge in [-0.1, -0.05) is 0 Å². The summed E-state index contributed by atoms with van der Waals surface area (Å²) in [5, 5.41) is 9.24. The topological polar surface area (TPSA) is 49.8 Å². The van der Waals surface area contributed by atoms with Gasteiger partial charge in [0.05, 0.1) is 0 Å². The minimum atomic E-state index is -4.65. The van der Waals surface area contributed by atoms with Crippen molar-refractivity contribution < 1.29 is 27.8 Å². The molecule has 0 aromatic heterocycles. The van der Waals surface area contributed by atoms with Gasteiger partial charge in [0.1, 0.15) is 5.60 Å². The van der Waals surface area contributed by atoms with E-state index in [9.17, 15) is 23.1 Å². The molecule has 1 aliphatic heterocycles. The Bertz CT molecular complexity index is 325. The second-order valence-electron chi connectivity index (χ2n) is 5.82. The fourth-order valence-electron chi connectivity index (χ4n) is 2.03. The van der Waals surface area contributed by atoms with Crippen molar-refractivity contribution in [1.82, 2.24) is 4.90 Å². The van der Waals surface area contributed by atoms with E-state index in [-0.39, 0.29) is 13.0 Å². The Labute approximate surface area is 110 Å². The number of aliphatic hydroxyl groups is 1. The molecule has 2 atom stereocenters. The number of carbonyl (C=O) groups excluding carboxylic acids is 1. The monoisotopic (exact) mass is 283 g/mol. The van der Waals surface area contributed by atoms with Crippen molar-refractivity contribution in [1.29, 1.82) is 0 Å². The number of ether oxygens (including phenoxy) is 1. The molecule has 0 radical (unpaired) electrons. The quantitative estimate of drug-likeness (QED) is 0.804. The van der Waals surface area contributed by atoms with Crippen LogP contribution in [0.4, 0.5) is 18.0 Å². The van der Waals surface area contributed by atoms with E-state index in [0.29, 0.717) is 13.0 Å². The van der Waals surface area contributed by atoms with Crippen LogP contribution in [0.1, 0.15) is 33.6 Å². The lowest BCUT2D eigenvalue weighted by Crippen LogP contribution is -2.48. The minimum absolute atomic E-state index is 0.129. The maximum absolute atomic E-state index is 12.4. The first kappa shape index (κ1) is 16.1. The number of carbonyl (C=O) groups is 1. The number of nitrogens with zero attached hydrogens (tertiary/aromatic N) is 1. The first-order valence-corrected chi connectivity index (χ1v) is 6.23. The molecule has 0 bridgehead atoms. The predicted molar refractivity (Wildman–Crippen MR) is 62.6 cm³/mol. The normalized spacial score (nSPS) is 23.1. The number of hydrogen-bond acceptors (Lipinski definition) is 3. The van der Waals surface area contributed by atoms with Crippen LogP contribution in [0.5, 0.6) is 0 Å². The van der Waals surface area contributed by atoms with Gasteiger partial charge in [0.25, 0.3) is 0 Å². The lowest BCUT2D eigenvalue weighted by atomic mass is 9.92. The first-order chi connectivity index (χ1) is 8.50. The Morgan fingerprint density at radius 1 is 1.37 bits per heavy atom. The zero-order chi connectivity index (χ0) is 14.8. The van der Waals surface area contributed by atoms with Crippen LogP contribution >= 0.6 is 0 Å². The van der Waals surface area contributed by atoms with Crippen molar-refractivity contribution >= 4 is 6.09 Å². The summed E-state index contributed by atoms with van der Waals surface area (Å²) in [7, 11) is 0. The molecule has 7 heteroatoms. The number of likely N-dealkylation sites (tertiary alicyclic amines) is 1. The van der Waals surface area contributed by atoms with E-state index >= 15 is 0 Å². The van der Waals surface area contributed by atoms with Gasteiger partial charge in [-0.05, 0) is 33.6 Å². The van der Waals surface area contributed by atoms with Crippen LogP contribution in [0.3, 0.4) is 0 Å². The van der Waals surface area contributed by atoms with Crippen molar-refractivity contribution in [2.75, 3.05) is 13.1 Å². The average molecular weight is 283 g/mol. The zero-order valence-electron chi connectivity index (χ0n) is 11.3. The van der Waals surface area contributed by atoms with Crippen molar-refractivity contribution in [2.24, 2.45) is 5.92 Å². The second kappa shape index (κ2) is 5.56. The molecule has 0 saturated carbocycles. The number of amides is 1.